The van der Waals surface area contributed by atoms with Gasteiger partial charge >= 0.3 is 12.1 Å². The van der Waals surface area contributed by atoms with Crippen molar-refractivity contribution < 1.29 is 36.6 Å². The van der Waals surface area contributed by atoms with Gasteiger partial charge in [-0.25, -0.2) is 13.6 Å². The summed E-state index contributed by atoms with van der Waals surface area (Å²) in [7, 11) is 0. The molecular formula is C25H25F5N4O3. The number of aliphatic carboxylic acids is 1. The van der Waals surface area contributed by atoms with Crippen molar-refractivity contribution in [2.45, 2.75) is 31.6 Å². The number of nitrogens with one attached hydrogen (secondary N) is 2. The molecule has 0 saturated carbocycles. The van der Waals surface area contributed by atoms with Crippen LogP contribution in [0.15, 0.2) is 42.6 Å². The number of alkyl halides is 3. The van der Waals surface area contributed by atoms with Crippen LogP contribution in [0.3, 0.4) is 0 Å². The van der Waals surface area contributed by atoms with Crippen molar-refractivity contribution in [1.82, 2.24) is 20.4 Å². The van der Waals surface area contributed by atoms with Crippen molar-refractivity contribution in [3.63, 3.8) is 0 Å². The summed E-state index contributed by atoms with van der Waals surface area (Å²) in [5, 5.41) is 18.9. The van der Waals surface area contributed by atoms with Crippen molar-refractivity contribution in [3.05, 3.63) is 70.9 Å². The van der Waals surface area contributed by atoms with Gasteiger partial charge in [-0.1, -0.05) is 12.1 Å². The maximum absolute atomic E-state index is 15.4. The number of ether oxygens (including phenoxy) is 1. The predicted octanol–water partition coefficient (Wildman–Crippen LogP) is 4.35. The summed E-state index contributed by atoms with van der Waals surface area (Å²) in [4.78, 5) is 11.5. The molecule has 2 heterocycles. The molecule has 0 bridgehead atoms. The number of fused-ring (bicyclic) bond motifs is 3. The molecule has 37 heavy (non-hydrogen) atoms. The first-order valence-corrected chi connectivity index (χ1v) is 11.5. The Kier molecular flexibility index (Phi) is 7.79. The normalized spacial score (nSPS) is 18.4. The molecule has 0 spiro atoms. The maximum atomic E-state index is 15.4. The minimum atomic E-state index is -4.58. The second-order valence-electron chi connectivity index (χ2n) is 8.80. The quantitative estimate of drug-likeness (QED) is 0.219. The minimum Gasteiger partial charge on any atom is -0.492 e. The molecule has 1 aliphatic heterocycles. The van der Waals surface area contributed by atoms with Gasteiger partial charge in [0.15, 0.2) is 0 Å². The van der Waals surface area contributed by atoms with Crippen molar-refractivity contribution >= 4 is 16.9 Å². The molecule has 0 fully saturated rings. The molecule has 3 aromatic rings. The van der Waals surface area contributed by atoms with Gasteiger partial charge in [0.1, 0.15) is 24.0 Å². The summed E-state index contributed by atoms with van der Waals surface area (Å²) in [6.45, 7) is 0.826. The highest BCUT2D eigenvalue weighted by Crippen LogP contribution is 2.43. The van der Waals surface area contributed by atoms with Gasteiger partial charge in [-0.15, -0.1) is 0 Å². The number of benzene rings is 2. The van der Waals surface area contributed by atoms with Crippen LogP contribution in [0.2, 0.25) is 0 Å². The summed E-state index contributed by atoms with van der Waals surface area (Å²) in [6.07, 6.45) is -0.387. The van der Waals surface area contributed by atoms with E-state index in [1.807, 2.05) is 0 Å². The third-order valence-electron chi connectivity index (χ3n) is 6.22. The van der Waals surface area contributed by atoms with E-state index in [1.165, 1.54) is 6.08 Å². The number of carbonyl (C=O) groups is 1. The van der Waals surface area contributed by atoms with Crippen LogP contribution >= 0.6 is 0 Å². The Morgan fingerprint density at radius 1 is 1.30 bits per heavy atom. The molecular weight excluding hydrogens is 499 g/mol. The highest BCUT2D eigenvalue weighted by molar-refractivity contribution is 5.83. The van der Waals surface area contributed by atoms with E-state index in [-0.39, 0.29) is 31.9 Å². The average Bonchev–Trinajstić information content (AvgIpc) is 3.28. The number of hydrogen-bond acceptors (Lipinski definition) is 5. The molecule has 0 saturated heterocycles. The lowest BCUT2D eigenvalue weighted by atomic mass is 9.83. The third kappa shape index (κ3) is 6.08. The van der Waals surface area contributed by atoms with E-state index in [0.29, 0.717) is 22.0 Å². The SMILES string of the molecule is C[C@@H]1Cc2c(ccc3[nH]ncc23)[C@@H](c2c(F)cc(OCCNC/C=C/C(=O)O)cc2F)N1CC(F)(F)F. The molecule has 0 aliphatic carbocycles. The number of halogens is 5. The Morgan fingerprint density at radius 2 is 2.03 bits per heavy atom. The molecule has 3 N–H and O–H groups in total. The van der Waals surface area contributed by atoms with Gasteiger partial charge in [0, 0.05) is 48.3 Å². The topological polar surface area (TPSA) is 90.5 Å². The standard InChI is InChI=1S/C25H25F5N4O3/c1-14-9-17-16(4-5-21-18(17)12-32-33-21)24(34(14)13-25(28,29)30)23-19(26)10-15(11-20(23)27)37-8-7-31-6-2-3-22(35)36/h2-5,10-12,14,24,31H,6-9,13H2,1H3,(H,32,33)(H,35,36)/b3-2+/t14-,24+/m1/s1. The number of aromatic amines is 1. The van der Waals surface area contributed by atoms with Gasteiger partial charge in [0.25, 0.3) is 0 Å². The first kappa shape index (κ1) is 26.6. The highest BCUT2D eigenvalue weighted by Gasteiger charge is 2.43. The molecule has 4 rings (SSSR count). The van der Waals surface area contributed by atoms with E-state index in [4.69, 9.17) is 9.84 Å². The number of nitrogens with zero attached hydrogens (tertiary/aromatic N) is 2. The summed E-state index contributed by atoms with van der Waals surface area (Å²) >= 11 is 0. The Bertz CT molecular complexity index is 1280. The van der Waals surface area contributed by atoms with Gasteiger partial charge in [0.05, 0.1) is 24.3 Å². The lowest BCUT2D eigenvalue weighted by molar-refractivity contribution is -0.155. The zero-order valence-corrected chi connectivity index (χ0v) is 19.8. The molecule has 1 aromatic heterocycles. The zero-order chi connectivity index (χ0) is 26.7. The summed E-state index contributed by atoms with van der Waals surface area (Å²) in [5.74, 6) is -3.23. The number of rotatable bonds is 9. The Morgan fingerprint density at radius 3 is 2.70 bits per heavy atom. The molecule has 7 nitrogen and oxygen atoms in total. The number of hydrogen-bond donors (Lipinski definition) is 3. The summed E-state index contributed by atoms with van der Waals surface area (Å²) in [6, 6.07) is 3.19. The van der Waals surface area contributed by atoms with Crippen LogP contribution in [0, 0.1) is 11.6 Å². The number of H-pyrrole nitrogens is 1. The largest absolute Gasteiger partial charge is 0.492 e. The van der Waals surface area contributed by atoms with Crippen LogP contribution < -0.4 is 10.1 Å². The van der Waals surface area contributed by atoms with Crippen molar-refractivity contribution in [2.75, 3.05) is 26.2 Å². The van der Waals surface area contributed by atoms with Crippen molar-refractivity contribution in [1.29, 1.82) is 0 Å². The van der Waals surface area contributed by atoms with Crippen LogP contribution in [0.5, 0.6) is 5.75 Å². The van der Waals surface area contributed by atoms with E-state index in [9.17, 15) is 18.0 Å². The van der Waals surface area contributed by atoms with Gasteiger partial charge in [-0.3, -0.25) is 10.00 Å². The molecule has 12 heteroatoms. The molecule has 2 aromatic carbocycles. The van der Waals surface area contributed by atoms with Gasteiger partial charge in [-0.2, -0.15) is 18.3 Å². The van der Waals surface area contributed by atoms with Gasteiger partial charge in [-0.05, 0) is 30.5 Å². The summed E-state index contributed by atoms with van der Waals surface area (Å²) < 4.78 is 76.8. The van der Waals surface area contributed by atoms with Crippen LogP contribution in [0.25, 0.3) is 10.9 Å². The van der Waals surface area contributed by atoms with Crippen LogP contribution in [0.1, 0.15) is 29.7 Å². The van der Waals surface area contributed by atoms with Gasteiger partial charge < -0.3 is 15.2 Å². The number of carboxylic acids is 1. The van der Waals surface area contributed by atoms with E-state index in [0.717, 1.165) is 23.1 Å². The molecule has 2 atom stereocenters. The summed E-state index contributed by atoms with van der Waals surface area (Å²) in [5.41, 5.74) is 1.29. The smallest absolute Gasteiger partial charge is 0.401 e. The monoisotopic (exact) mass is 524 g/mol. The molecule has 0 amide bonds. The van der Waals surface area contributed by atoms with E-state index in [2.05, 4.69) is 15.5 Å². The first-order chi connectivity index (χ1) is 17.5. The average molecular weight is 524 g/mol. The number of carboxylic acid groups (broad SMARTS) is 1. The van der Waals surface area contributed by atoms with Crippen molar-refractivity contribution in [3.8, 4) is 5.75 Å². The number of aromatic nitrogens is 2. The minimum absolute atomic E-state index is 0.0289. The fourth-order valence-corrected chi connectivity index (χ4v) is 4.69. The highest BCUT2D eigenvalue weighted by atomic mass is 19.4. The second-order valence-corrected chi connectivity index (χ2v) is 8.80. The fraction of sp³-hybridized carbons (Fsp3) is 0.360. The lowest BCUT2D eigenvalue weighted by Crippen LogP contribution is -2.47. The molecule has 0 radical (unpaired) electrons. The van der Waals surface area contributed by atoms with Crippen LogP contribution in [-0.2, 0) is 11.2 Å². The zero-order valence-electron chi connectivity index (χ0n) is 19.8. The van der Waals surface area contributed by atoms with Gasteiger partial charge in [0.2, 0.25) is 0 Å². The Hall–Kier alpha value is -3.51. The van der Waals surface area contributed by atoms with Crippen LogP contribution in [0.4, 0.5) is 22.0 Å². The van der Waals surface area contributed by atoms with Crippen molar-refractivity contribution in [2.24, 2.45) is 0 Å². The fourth-order valence-electron chi connectivity index (χ4n) is 4.69. The Balaban J connectivity index is 1.63. The first-order valence-electron chi connectivity index (χ1n) is 11.5. The maximum Gasteiger partial charge on any atom is 0.401 e. The van der Waals surface area contributed by atoms with E-state index in [1.54, 1.807) is 25.3 Å². The third-order valence-corrected chi connectivity index (χ3v) is 6.22. The van der Waals surface area contributed by atoms with E-state index >= 15 is 8.78 Å². The molecule has 0 unspecified atom stereocenters. The Labute approximate surface area is 208 Å². The lowest BCUT2D eigenvalue weighted by Gasteiger charge is -2.42. The molecule has 1 aliphatic rings. The second kappa shape index (κ2) is 10.9. The van der Waals surface area contributed by atoms with E-state index < -0.39 is 48.0 Å². The predicted molar refractivity (Wildman–Crippen MR) is 125 cm³/mol. The molecule has 198 valence electrons. The van der Waals surface area contributed by atoms with Crippen LogP contribution in [-0.4, -0.2) is 64.6 Å².